The van der Waals surface area contributed by atoms with Gasteiger partial charge in [-0.1, -0.05) is 26.8 Å². The van der Waals surface area contributed by atoms with Crippen LogP contribution in [0, 0.1) is 5.92 Å². The molecule has 18 heavy (non-hydrogen) atoms. The molecule has 2 heteroatoms. The fourth-order valence-electron chi connectivity index (χ4n) is 2.27. The van der Waals surface area contributed by atoms with E-state index < -0.39 is 0 Å². The van der Waals surface area contributed by atoms with Crippen molar-refractivity contribution in [3.63, 3.8) is 0 Å². The Balaban J connectivity index is 2.37. The van der Waals surface area contributed by atoms with Crippen molar-refractivity contribution in [1.29, 1.82) is 0 Å². The SMILES string of the molecule is CCOc1ccc(C(C)(C)C)cc1C(N)C1CC1. The van der Waals surface area contributed by atoms with Gasteiger partial charge in [0.05, 0.1) is 6.61 Å². The Hall–Kier alpha value is -1.02. The quantitative estimate of drug-likeness (QED) is 0.878. The standard InChI is InChI=1S/C16H25NO/c1-5-18-14-9-8-12(16(2,3)4)10-13(14)15(17)11-6-7-11/h8-11,15H,5-7,17H2,1-4H3. The summed E-state index contributed by atoms with van der Waals surface area (Å²) in [4.78, 5) is 0. The molecule has 0 heterocycles. The number of nitrogens with two attached hydrogens (primary N) is 1. The van der Waals surface area contributed by atoms with E-state index in [-0.39, 0.29) is 11.5 Å². The van der Waals surface area contributed by atoms with Crippen molar-refractivity contribution in [2.24, 2.45) is 11.7 Å². The van der Waals surface area contributed by atoms with E-state index in [0.29, 0.717) is 12.5 Å². The van der Waals surface area contributed by atoms with Crippen LogP contribution in [-0.4, -0.2) is 6.61 Å². The second-order valence-electron chi connectivity index (χ2n) is 6.30. The topological polar surface area (TPSA) is 35.2 Å². The molecule has 0 bridgehead atoms. The summed E-state index contributed by atoms with van der Waals surface area (Å²) in [6.45, 7) is 9.41. The summed E-state index contributed by atoms with van der Waals surface area (Å²) in [6.07, 6.45) is 2.51. The average Bonchev–Trinajstić information content (AvgIpc) is 3.11. The molecule has 100 valence electrons. The third-order valence-corrected chi connectivity index (χ3v) is 3.66. The maximum Gasteiger partial charge on any atom is 0.124 e. The smallest absolute Gasteiger partial charge is 0.124 e. The molecule has 1 unspecified atom stereocenters. The Labute approximate surface area is 111 Å². The van der Waals surface area contributed by atoms with E-state index in [0.717, 1.165) is 5.75 Å². The van der Waals surface area contributed by atoms with Gasteiger partial charge in [0.15, 0.2) is 0 Å². The summed E-state index contributed by atoms with van der Waals surface area (Å²) >= 11 is 0. The van der Waals surface area contributed by atoms with Crippen molar-refractivity contribution in [3.8, 4) is 5.75 Å². The number of hydrogen-bond donors (Lipinski definition) is 1. The highest BCUT2D eigenvalue weighted by molar-refractivity contribution is 5.42. The molecule has 0 aromatic heterocycles. The van der Waals surface area contributed by atoms with Crippen LogP contribution >= 0.6 is 0 Å². The first-order chi connectivity index (χ1) is 8.43. The van der Waals surface area contributed by atoms with E-state index in [2.05, 4.69) is 39.0 Å². The van der Waals surface area contributed by atoms with Crippen molar-refractivity contribution in [2.45, 2.75) is 52.0 Å². The molecule has 2 N–H and O–H groups in total. The van der Waals surface area contributed by atoms with E-state index >= 15 is 0 Å². The van der Waals surface area contributed by atoms with E-state index in [1.54, 1.807) is 0 Å². The van der Waals surface area contributed by atoms with E-state index in [1.165, 1.54) is 24.0 Å². The third kappa shape index (κ3) is 2.86. The fourth-order valence-corrected chi connectivity index (χ4v) is 2.27. The Kier molecular flexibility index (Phi) is 3.67. The Morgan fingerprint density at radius 2 is 2.00 bits per heavy atom. The van der Waals surface area contributed by atoms with Crippen LogP contribution in [0.3, 0.4) is 0 Å². The summed E-state index contributed by atoms with van der Waals surface area (Å²) in [5.74, 6) is 1.62. The molecule has 1 aliphatic rings. The molecular formula is C16H25NO. The highest BCUT2D eigenvalue weighted by Gasteiger charge is 2.32. The lowest BCUT2D eigenvalue weighted by Gasteiger charge is -2.23. The predicted molar refractivity (Wildman–Crippen MR) is 76.0 cm³/mol. The Morgan fingerprint density at radius 3 is 2.50 bits per heavy atom. The van der Waals surface area contributed by atoms with Crippen LogP contribution in [0.2, 0.25) is 0 Å². The minimum absolute atomic E-state index is 0.133. The van der Waals surface area contributed by atoms with Crippen LogP contribution in [0.5, 0.6) is 5.75 Å². The van der Waals surface area contributed by atoms with Crippen LogP contribution in [0.25, 0.3) is 0 Å². The molecule has 0 radical (unpaired) electrons. The molecule has 0 saturated heterocycles. The van der Waals surface area contributed by atoms with Gasteiger partial charge in [-0.05, 0) is 48.8 Å². The van der Waals surface area contributed by atoms with Crippen molar-refractivity contribution in [3.05, 3.63) is 29.3 Å². The molecule has 1 saturated carbocycles. The van der Waals surface area contributed by atoms with Crippen LogP contribution in [-0.2, 0) is 5.41 Å². The molecule has 0 aliphatic heterocycles. The minimum Gasteiger partial charge on any atom is -0.494 e. The van der Waals surface area contributed by atoms with E-state index in [4.69, 9.17) is 10.5 Å². The van der Waals surface area contributed by atoms with Gasteiger partial charge in [0, 0.05) is 11.6 Å². The van der Waals surface area contributed by atoms with Gasteiger partial charge in [-0.25, -0.2) is 0 Å². The number of rotatable bonds is 4. The molecule has 0 amide bonds. The summed E-state index contributed by atoms with van der Waals surface area (Å²) in [6, 6.07) is 6.62. The van der Waals surface area contributed by atoms with Gasteiger partial charge < -0.3 is 10.5 Å². The van der Waals surface area contributed by atoms with Crippen molar-refractivity contribution >= 4 is 0 Å². The van der Waals surface area contributed by atoms with Gasteiger partial charge in [0.25, 0.3) is 0 Å². The largest absolute Gasteiger partial charge is 0.494 e. The lowest BCUT2D eigenvalue weighted by molar-refractivity contribution is 0.332. The first kappa shape index (κ1) is 13.4. The summed E-state index contributed by atoms with van der Waals surface area (Å²) in [5.41, 5.74) is 9.04. The normalized spacial score (nSPS) is 17.6. The predicted octanol–water partition coefficient (Wildman–Crippen LogP) is 3.79. The van der Waals surface area contributed by atoms with Gasteiger partial charge in [-0.2, -0.15) is 0 Å². The van der Waals surface area contributed by atoms with Crippen molar-refractivity contribution < 1.29 is 4.74 Å². The van der Waals surface area contributed by atoms with Crippen LogP contribution < -0.4 is 10.5 Å². The number of hydrogen-bond acceptors (Lipinski definition) is 2. The van der Waals surface area contributed by atoms with Gasteiger partial charge in [0.1, 0.15) is 5.75 Å². The maximum absolute atomic E-state index is 6.36. The molecule has 1 aromatic rings. The lowest BCUT2D eigenvalue weighted by atomic mass is 9.85. The van der Waals surface area contributed by atoms with Gasteiger partial charge in [-0.15, -0.1) is 0 Å². The van der Waals surface area contributed by atoms with E-state index in [1.807, 2.05) is 6.92 Å². The molecule has 2 rings (SSSR count). The zero-order valence-electron chi connectivity index (χ0n) is 12.0. The molecule has 1 fully saturated rings. The van der Waals surface area contributed by atoms with Gasteiger partial charge >= 0.3 is 0 Å². The first-order valence-electron chi connectivity index (χ1n) is 6.96. The molecule has 1 atom stereocenters. The Morgan fingerprint density at radius 1 is 1.33 bits per heavy atom. The fraction of sp³-hybridized carbons (Fsp3) is 0.625. The first-order valence-corrected chi connectivity index (χ1v) is 6.96. The van der Waals surface area contributed by atoms with Crippen LogP contribution in [0.4, 0.5) is 0 Å². The highest BCUT2D eigenvalue weighted by atomic mass is 16.5. The molecule has 1 aromatic carbocycles. The van der Waals surface area contributed by atoms with Gasteiger partial charge in [0.2, 0.25) is 0 Å². The summed E-state index contributed by atoms with van der Waals surface area (Å²) in [5, 5.41) is 0. The molecule has 0 spiro atoms. The maximum atomic E-state index is 6.36. The molecule has 2 nitrogen and oxygen atoms in total. The second kappa shape index (κ2) is 4.93. The lowest BCUT2D eigenvalue weighted by Crippen LogP contribution is -2.17. The monoisotopic (exact) mass is 247 g/mol. The van der Waals surface area contributed by atoms with Crippen molar-refractivity contribution in [1.82, 2.24) is 0 Å². The zero-order chi connectivity index (χ0) is 13.3. The van der Waals surface area contributed by atoms with Gasteiger partial charge in [-0.3, -0.25) is 0 Å². The van der Waals surface area contributed by atoms with Crippen molar-refractivity contribution in [2.75, 3.05) is 6.61 Å². The van der Waals surface area contributed by atoms with E-state index in [9.17, 15) is 0 Å². The molecule has 1 aliphatic carbocycles. The third-order valence-electron chi connectivity index (χ3n) is 3.66. The minimum atomic E-state index is 0.133. The zero-order valence-corrected chi connectivity index (χ0v) is 12.0. The second-order valence-corrected chi connectivity index (χ2v) is 6.30. The summed E-state index contributed by atoms with van der Waals surface area (Å²) in [7, 11) is 0. The number of benzene rings is 1. The van der Waals surface area contributed by atoms with Crippen LogP contribution in [0.1, 0.15) is 57.7 Å². The molecular weight excluding hydrogens is 222 g/mol. The summed E-state index contributed by atoms with van der Waals surface area (Å²) < 4.78 is 5.72. The number of ether oxygens (including phenoxy) is 1. The average molecular weight is 247 g/mol. The van der Waals surface area contributed by atoms with Crippen LogP contribution in [0.15, 0.2) is 18.2 Å². The highest BCUT2D eigenvalue weighted by Crippen LogP contribution is 2.43. The Bertz CT molecular complexity index is 416.